The van der Waals surface area contributed by atoms with Crippen LogP contribution in [0.4, 0.5) is 0 Å². The van der Waals surface area contributed by atoms with E-state index in [1.54, 1.807) is 0 Å². The minimum absolute atomic E-state index is 0.0616. The molecule has 1 unspecified atom stereocenters. The molecule has 1 heterocycles. The molecule has 2 heteroatoms. The molecule has 0 aliphatic carbocycles. The van der Waals surface area contributed by atoms with E-state index in [-0.39, 0.29) is 14.7 Å². The van der Waals surface area contributed by atoms with Crippen LogP contribution in [0.1, 0.15) is 19.3 Å². The number of hydrogen-bond acceptors (Lipinski definition) is 1. The van der Waals surface area contributed by atoms with Crippen molar-refractivity contribution in [1.29, 1.82) is 0 Å². The first-order valence-electron chi connectivity index (χ1n) is 3.76. The van der Waals surface area contributed by atoms with Crippen LogP contribution in [-0.4, -0.2) is 21.4 Å². The molecule has 0 N–H and O–H groups in total. The molecule has 53 valence electrons. The molecule has 1 nitrogen and oxygen atoms in total. The third-order valence-corrected chi connectivity index (χ3v) is 3.93. The fraction of sp³-hybridized carbons (Fsp3) is 0.857. The van der Waals surface area contributed by atoms with E-state index < -0.39 is 0 Å². The SMILES string of the molecule is [CH2]C1([SiH2]C)CCCCO1. The van der Waals surface area contributed by atoms with Crippen LogP contribution >= 0.6 is 0 Å². The van der Waals surface area contributed by atoms with E-state index in [9.17, 15) is 0 Å². The van der Waals surface area contributed by atoms with E-state index in [0.717, 1.165) is 6.61 Å². The molecule has 1 radical (unpaired) electrons. The van der Waals surface area contributed by atoms with Gasteiger partial charge in [-0.05, 0) is 26.2 Å². The van der Waals surface area contributed by atoms with Crippen LogP contribution in [0.15, 0.2) is 0 Å². The van der Waals surface area contributed by atoms with Gasteiger partial charge < -0.3 is 4.74 Å². The van der Waals surface area contributed by atoms with Crippen LogP contribution < -0.4 is 0 Å². The fourth-order valence-electron chi connectivity index (χ4n) is 1.19. The summed E-state index contributed by atoms with van der Waals surface area (Å²) >= 11 is 0. The maximum Gasteiger partial charge on any atom is 0.0564 e. The Bertz CT molecular complexity index is 86.9. The zero-order valence-corrected chi connectivity index (χ0v) is 7.57. The lowest BCUT2D eigenvalue weighted by molar-refractivity contribution is 0.0111. The van der Waals surface area contributed by atoms with E-state index in [0.29, 0.717) is 0 Å². The minimum atomic E-state index is -0.0616. The van der Waals surface area contributed by atoms with Crippen molar-refractivity contribution >= 4 is 9.52 Å². The summed E-state index contributed by atoms with van der Waals surface area (Å²) in [5, 5.41) is 0.109. The van der Waals surface area contributed by atoms with Gasteiger partial charge >= 0.3 is 0 Å². The van der Waals surface area contributed by atoms with Gasteiger partial charge in [0, 0.05) is 6.61 Å². The Morgan fingerprint density at radius 2 is 2.33 bits per heavy atom. The van der Waals surface area contributed by atoms with Crippen LogP contribution in [-0.2, 0) is 4.74 Å². The number of rotatable bonds is 1. The van der Waals surface area contributed by atoms with Crippen LogP contribution in [0.2, 0.25) is 6.55 Å². The van der Waals surface area contributed by atoms with Crippen LogP contribution in [0.5, 0.6) is 0 Å². The molecule has 1 saturated heterocycles. The standard InChI is InChI=1S/C7H15OSi/c1-7(9-2)5-3-4-6-8-7/h1,3-6,9H2,2H3. The lowest BCUT2D eigenvalue weighted by Crippen LogP contribution is -2.37. The molecule has 0 saturated carbocycles. The molecule has 1 fully saturated rings. The van der Waals surface area contributed by atoms with Crippen LogP contribution in [0.3, 0.4) is 0 Å². The monoisotopic (exact) mass is 143 g/mol. The van der Waals surface area contributed by atoms with Gasteiger partial charge in [0.05, 0.1) is 14.7 Å². The summed E-state index contributed by atoms with van der Waals surface area (Å²) in [6, 6.07) is 0. The highest BCUT2D eigenvalue weighted by molar-refractivity contribution is 6.38. The number of hydrogen-bond donors (Lipinski definition) is 0. The lowest BCUT2D eigenvalue weighted by Gasteiger charge is -2.32. The molecular weight excluding hydrogens is 128 g/mol. The molecule has 0 aromatic heterocycles. The predicted octanol–water partition coefficient (Wildman–Crippen LogP) is 0.934. The molecular formula is C7H15OSi. The van der Waals surface area contributed by atoms with E-state index in [4.69, 9.17) is 4.74 Å². The van der Waals surface area contributed by atoms with Crippen molar-refractivity contribution in [3.63, 3.8) is 0 Å². The average molecular weight is 143 g/mol. The first-order chi connectivity index (χ1) is 4.27. The Morgan fingerprint density at radius 1 is 1.56 bits per heavy atom. The van der Waals surface area contributed by atoms with E-state index in [1.807, 2.05) is 0 Å². The molecule has 0 bridgehead atoms. The van der Waals surface area contributed by atoms with Gasteiger partial charge in [0.2, 0.25) is 0 Å². The van der Waals surface area contributed by atoms with Gasteiger partial charge in [0.15, 0.2) is 0 Å². The summed E-state index contributed by atoms with van der Waals surface area (Å²) in [5.41, 5.74) is 0. The van der Waals surface area contributed by atoms with Crippen LogP contribution in [0, 0.1) is 6.92 Å². The second-order valence-corrected chi connectivity index (χ2v) is 4.84. The summed E-state index contributed by atoms with van der Waals surface area (Å²) in [5.74, 6) is 0. The Kier molecular flexibility index (Phi) is 2.30. The van der Waals surface area contributed by atoms with Gasteiger partial charge in [-0.2, -0.15) is 0 Å². The van der Waals surface area contributed by atoms with Gasteiger partial charge in [-0.15, -0.1) is 0 Å². The Balaban J connectivity index is 2.37. The zero-order chi connectivity index (χ0) is 6.74. The van der Waals surface area contributed by atoms with E-state index in [2.05, 4.69) is 13.5 Å². The smallest absolute Gasteiger partial charge is 0.0564 e. The molecule has 0 spiro atoms. The zero-order valence-electron chi connectivity index (χ0n) is 6.15. The van der Waals surface area contributed by atoms with Gasteiger partial charge in [0.1, 0.15) is 0 Å². The van der Waals surface area contributed by atoms with Gasteiger partial charge in [-0.3, -0.25) is 0 Å². The van der Waals surface area contributed by atoms with Crippen molar-refractivity contribution in [1.82, 2.24) is 0 Å². The number of ether oxygens (including phenoxy) is 1. The molecule has 1 aliphatic rings. The van der Waals surface area contributed by atoms with E-state index >= 15 is 0 Å². The van der Waals surface area contributed by atoms with E-state index in [1.165, 1.54) is 19.3 Å². The first kappa shape index (κ1) is 7.29. The quantitative estimate of drug-likeness (QED) is 0.496. The molecule has 0 aromatic carbocycles. The predicted molar refractivity (Wildman–Crippen MR) is 42.3 cm³/mol. The highest BCUT2D eigenvalue weighted by Crippen LogP contribution is 2.22. The molecule has 0 amide bonds. The van der Waals surface area contributed by atoms with Crippen molar-refractivity contribution in [3.8, 4) is 0 Å². The average Bonchev–Trinajstić information content (AvgIpc) is 1.90. The van der Waals surface area contributed by atoms with Crippen molar-refractivity contribution < 1.29 is 4.74 Å². The molecule has 1 rings (SSSR count). The third kappa shape index (κ3) is 1.80. The van der Waals surface area contributed by atoms with Crippen LogP contribution in [0.25, 0.3) is 0 Å². The van der Waals surface area contributed by atoms with Crippen molar-refractivity contribution in [2.45, 2.75) is 31.0 Å². The lowest BCUT2D eigenvalue weighted by atomic mass is 10.1. The Morgan fingerprint density at radius 3 is 2.67 bits per heavy atom. The second kappa shape index (κ2) is 2.84. The molecule has 1 atom stereocenters. The minimum Gasteiger partial charge on any atom is -0.379 e. The molecule has 1 aliphatic heterocycles. The summed E-state index contributed by atoms with van der Waals surface area (Å²) in [6.07, 6.45) is 3.77. The summed E-state index contributed by atoms with van der Waals surface area (Å²) in [7, 11) is -0.0616. The first-order valence-corrected chi connectivity index (χ1v) is 5.88. The molecule has 9 heavy (non-hydrogen) atoms. The maximum atomic E-state index is 5.57. The second-order valence-electron chi connectivity index (χ2n) is 2.84. The third-order valence-electron chi connectivity index (χ3n) is 2.08. The van der Waals surface area contributed by atoms with Gasteiger partial charge in [-0.1, -0.05) is 6.55 Å². The summed E-state index contributed by atoms with van der Waals surface area (Å²) < 4.78 is 5.57. The molecule has 0 aromatic rings. The summed E-state index contributed by atoms with van der Waals surface area (Å²) in [6.45, 7) is 7.31. The highest BCUT2D eigenvalue weighted by Gasteiger charge is 2.25. The van der Waals surface area contributed by atoms with Gasteiger partial charge in [0.25, 0.3) is 0 Å². The topological polar surface area (TPSA) is 9.23 Å². The van der Waals surface area contributed by atoms with Crippen molar-refractivity contribution in [3.05, 3.63) is 6.92 Å². The highest BCUT2D eigenvalue weighted by atomic mass is 28.2. The Hall–Kier alpha value is 0.177. The normalized spacial score (nSPS) is 38.0. The maximum absolute atomic E-state index is 5.57. The Labute approximate surface area is 59.6 Å². The van der Waals surface area contributed by atoms with Crippen molar-refractivity contribution in [2.75, 3.05) is 6.61 Å². The van der Waals surface area contributed by atoms with Crippen molar-refractivity contribution in [2.24, 2.45) is 0 Å². The van der Waals surface area contributed by atoms with Gasteiger partial charge in [-0.25, -0.2) is 0 Å². The summed E-state index contributed by atoms with van der Waals surface area (Å²) in [4.78, 5) is 0. The largest absolute Gasteiger partial charge is 0.379 e. The fourth-order valence-corrected chi connectivity index (χ4v) is 2.14.